The summed E-state index contributed by atoms with van der Waals surface area (Å²) < 4.78 is 5.43. The molecule has 1 unspecified atom stereocenters. The molecule has 1 aliphatic rings. The minimum atomic E-state index is 0.663. The molecule has 3 heteroatoms. The van der Waals surface area contributed by atoms with Gasteiger partial charge in [-0.05, 0) is 45.4 Å². The standard InChI is InChI=1S/C14H20BrNO/c1-9-8-16-13(10(2)14(9)17-3)7-6-12(15)11-4-5-11/h8,11-12H,4-7H2,1-3H3. The lowest BCUT2D eigenvalue weighted by atomic mass is 10.0. The highest BCUT2D eigenvalue weighted by molar-refractivity contribution is 9.09. The van der Waals surface area contributed by atoms with Gasteiger partial charge >= 0.3 is 0 Å². The van der Waals surface area contributed by atoms with Crippen molar-refractivity contribution < 1.29 is 4.74 Å². The van der Waals surface area contributed by atoms with Gasteiger partial charge < -0.3 is 4.74 Å². The molecule has 0 spiro atoms. The maximum absolute atomic E-state index is 5.43. The minimum absolute atomic E-state index is 0.663. The van der Waals surface area contributed by atoms with Crippen molar-refractivity contribution in [1.29, 1.82) is 0 Å². The van der Waals surface area contributed by atoms with Gasteiger partial charge in [0.15, 0.2) is 0 Å². The van der Waals surface area contributed by atoms with Crippen molar-refractivity contribution in [2.45, 2.75) is 44.4 Å². The van der Waals surface area contributed by atoms with E-state index in [9.17, 15) is 0 Å². The van der Waals surface area contributed by atoms with Gasteiger partial charge in [-0.25, -0.2) is 0 Å². The molecule has 0 radical (unpaired) electrons. The number of methoxy groups -OCH3 is 1. The van der Waals surface area contributed by atoms with Crippen molar-refractivity contribution in [3.8, 4) is 5.75 Å². The molecule has 0 N–H and O–H groups in total. The van der Waals surface area contributed by atoms with Crippen LogP contribution in [0.2, 0.25) is 0 Å². The second kappa shape index (κ2) is 5.38. The molecule has 0 aromatic carbocycles. The average Bonchev–Trinajstić information content (AvgIpc) is 3.12. The fraction of sp³-hybridized carbons (Fsp3) is 0.643. The van der Waals surface area contributed by atoms with Gasteiger partial charge in [0.2, 0.25) is 0 Å². The van der Waals surface area contributed by atoms with Crippen LogP contribution < -0.4 is 4.74 Å². The summed E-state index contributed by atoms with van der Waals surface area (Å²) in [5, 5.41) is 0. The normalized spacial score (nSPS) is 16.9. The van der Waals surface area contributed by atoms with Crippen LogP contribution in [0.4, 0.5) is 0 Å². The van der Waals surface area contributed by atoms with Crippen LogP contribution in [0, 0.1) is 19.8 Å². The summed E-state index contributed by atoms with van der Waals surface area (Å²) in [6, 6.07) is 0. The van der Waals surface area contributed by atoms with Gasteiger partial charge in [0, 0.05) is 27.8 Å². The maximum atomic E-state index is 5.43. The van der Waals surface area contributed by atoms with Crippen molar-refractivity contribution in [3.63, 3.8) is 0 Å². The highest BCUT2D eigenvalue weighted by Gasteiger charge is 2.29. The molecule has 17 heavy (non-hydrogen) atoms. The number of aryl methyl sites for hydroxylation is 2. The van der Waals surface area contributed by atoms with Gasteiger partial charge in [0.05, 0.1) is 7.11 Å². The number of hydrogen-bond acceptors (Lipinski definition) is 2. The van der Waals surface area contributed by atoms with Crippen molar-refractivity contribution in [3.05, 3.63) is 23.0 Å². The van der Waals surface area contributed by atoms with E-state index in [1.54, 1.807) is 7.11 Å². The summed E-state index contributed by atoms with van der Waals surface area (Å²) in [5.74, 6) is 1.90. The molecule has 2 nitrogen and oxygen atoms in total. The van der Waals surface area contributed by atoms with E-state index in [4.69, 9.17) is 4.74 Å². The number of hydrogen-bond donors (Lipinski definition) is 0. The number of nitrogens with zero attached hydrogens (tertiary/aromatic N) is 1. The molecule has 1 atom stereocenters. The lowest BCUT2D eigenvalue weighted by Crippen LogP contribution is -2.06. The lowest BCUT2D eigenvalue weighted by Gasteiger charge is -2.13. The third kappa shape index (κ3) is 3.01. The summed E-state index contributed by atoms with van der Waals surface area (Å²) in [7, 11) is 1.73. The van der Waals surface area contributed by atoms with Crippen molar-refractivity contribution in [2.75, 3.05) is 7.11 Å². The molecule has 0 amide bonds. The van der Waals surface area contributed by atoms with Crippen LogP contribution in [-0.4, -0.2) is 16.9 Å². The zero-order valence-corrected chi connectivity index (χ0v) is 12.4. The molecule has 1 heterocycles. The Morgan fingerprint density at radius 2 is 2.18 bits per heavy atom. The molecule has 1 aliphatic carbocycles. The first kappa shape index (κ1) is 12.9. The number of alkyl halides is 1. The number of rotatable bonds is 5. The average molecular weight is 298 g/mol. The molecule has 0 aliphatic heterocycles. The summed E-state index contributed by atoms with van der Waals surface area (Å²) in [5.41, 5.74) is 3.49. The predicted molar refractivity (Wildman–Crippen MR) is 74.0 cm³/mol. The molecule has 0 saturated heterocycles. The number of halogens is 1. The zero-order chi connectivity index (χ0) is 12.4. The van der Waals surface area contributed by atoms with Crippen LogP contribution in [0.25, 0.3) is 0 Å². The summed E-state index contributed by atoms with van der Waals surface area (Å²) >= 11 is 3.78. The van der Waals surface area contributed by atoms with Gasteiger partial charge in [-0.2, -0.15) is 0 Å². The van der Waals surface area contributed by atoms with Crippen molar-refractivity contribution >= 4 is 15.9 Å². The zero-order valence-electron chi connectivity index (χ0n) is 10.8. The van der Waals surface area contributed by atoms with Crippen molar-refractivity contribution in [1.82, 2.24) is 4.98 Å². The molecule has 2 rings (SSSR count). The van der Waals surface area contributed by atoms with E-state index in [1.807, 2.05) is 13.1 Å². The Hall–Kier alpha value is -0.570. The highest BCUT2D eigenvalue weighted by atomic mass is 79.9. The Labute approximate surface area is 112 Å². The Morgan fingerprint density at radius 1 is 1.47 bits per heavy atom. The Morgan fingerprint density at radius 3 is 2.76 bits per heavy atom. The third-order valence-corrected chi connectivity index (χ3v) is 4.75. The van der Waals surface area contributed by atoms with E-state index in [0.29, 0.717) is 4.83 Å². The van der Waals surface area contributed by atoms with Crippen LogP contribution in [0.3, 0.4) is 0 Å². The smallest absolute Gasteiger partial charge is 0.128 e. The number of pyridine rings is 1. The molecular weight excluding hydrogens is 278 g/mol. The maximum Gasteiger partial charge on any atom is 0.128 e. The Kier molecular flexibility index (Phi) is 4.08. The molecule has 94 valence electrons. The first-order valence-corrected chi connectivity index (χ1v) is 7.18. The molecule has 1 saturated carbocycles. The van der Waals surface area contributed by atoms with E-state index in [-0.39, 0.29) is 0 Å². The summed E-state index contributed by atoms with van der Waals surface area (Å²) in [6.45, 7) is 4.15. The Bertz CT molecular complexity index is 401. The van der Waals surface area contributed by atoms with E-state index in [2.05, 4.69) is 27.8 Å². The van der Waals surface area contributed by atoms with Crippen LogP contribution in [-0.2, 0) is 6.42 Å². The van der Waals surface area contributed by atoms with Gasteiger partial charge in [-0.15, -0.1) is 0 Å². The van der Waals surface area contributed by atoms with Crippen LogP contribution >= 0.6 is 15.9 Å². The first-order valence-electron chi connectivity index (χ1n) is 6.26. The van der Waals surface area contributed by atoms with E-state index >= 15 is 0 Å². The lowest BCUT2D eigenvalue weighted by molar-refractivity contribution is 0.406. The van der Waals surface area contributed by atoms with Crippen LogP contribution in [0.1, 0.15) is 36.1 Å². The van der Waals surface area contributed by atoms with Gasteiger partial charge in [0.1, 0.15) is 5.75 Å². The van der Waals surface area contributed by atoms with E-state index in [0.717, 1.165) is 23.7 Å². The molecular formula is C14H20BrNO. The fourth-order valence-corrected chi connectivity index (χ4v) is 3.05. The fourth-order valence-electron chi connectivity index (χ4n) is 2.29. The minimum Gasteiger partial charge on any atom is -0.496 e. The SMILES string of the molecule is COc1c(C)cnc(CCC(Br)C2CC2)c1C. The predicted octanol–water partition coefficient (Wildman–Crippen LogP) is 3.81. The second-order valence-corrected chi connectivity index (χ2v) is 6.11. The first-order chi connectivity index (χ1) is 8.13. The topological polar surface area (TPSA) is 22.1 Å². The molecule has 1 aromatic heterocycles. The summed E-state index contributed by atoms with van der Waals surface area (Å²) in [4.78, 5) is 5.20. The monoisotopic (exact) mass is 297 g/mol. The second-order valence-electron chi connectivity index (χ2n) is 4.94. The van der Waals surface area contributed by atoms with E-state index in [1.165, 1.54) is 30.5 Å². The van der Waals surface area contributed by atoms with Crippen LogP contribution in [0.15, 0.2) is 6.20 Å². The van der Waals surface area contributed by atoms with Gasteiger partial charge in [-0.1, -0.05) is 15.9 Å². The number of ether oxygens (including phenoxy) is 1. The summed E-state index contributed by atoms with van der Waals surface area (Å²) in [6.07, 6.45) is 6.90. The molecule has 1 aromatic rings. The largest absolute Gasteiger partial charge is 0.496 e. The third-order valence-electron chi connectivity index (χ3n) is 3.54. The highest BCUT2D eigenvalue weighted by Crippen LogP contribution is 2.38. The molecule has 0 bridgehead atoms. The Balaban J connectivity index is 2.04. The van der Waals surface area contributed by atoms with Gasteiger partial charge in [0.25, 0.3) is 0 Å². The van der Waals surface area contributed by atoms with Crippen LogP contribution in [0.5, 0.6) is 5.75 Å². The van der Waals surface area contributed by atoms with Crippen molar-refractivity contribution in [2.24, 2.45) is 5.92 Å². The van der Waals surface area contributed by atoms with Gasteiger partial charge in [-0.3, -0.25) is 4.98 Å². The van der Waals surface area contributed by atoms with E-state index < -0.39 is 0 Å². The number of aromatic nitrogens is 1. The molecule has 1 fully saturated rings. The quantitative estimate of drug-likeness (QED) is 0.771.